The number of benzene rings is 3. The number of carbonyl (C=O) groups excluding carboxylic acids is 2. The number of amides is 2. The van der Waals surface area contributed by atoms with E-state index >= 15 is 0 Å². The van der Waals surface area contributed by atoms with Crippen molar-refractivity contribution in [2.45, 2.75) is 36.1 Å². The summed E-state index contributed by atoms with van der Waals surface area (Å²) in [6.07, 6.45) is 0.861. The first-order valence-corrected chi connectivity index (χ1v) is 15.8. The van der Waals surface area contributed by atoms with Gasteiger partial charge in [-0.25, -0.2) is 0 Å². The number of aromatic nitrogens is 1. The lowest BCUT2D eigenvalue weighted by atomic mass is 9.68. The SMILES string of the molecule is Cc1cccc(COc2ccccc2C2c3sc(=O)[nH]c3SC3C2[C@H]2C[C@@H]3C3C(=O)N(c4ccccc4)C(=O)C32)c1. The van der Waals surface area contributed by atoms with Crippen LogP contribution in [0.1, 0.15) is 33.9 Å². The molecular formula is C33H28N2O4S2. The molecule has 5 unspecified atom stereocenters. The lowest BCUT2D eigenvalue weighted by Crippen LogP contribution is -2.42. The Morgan fingerprint density at radius 2 is 1.66 bits per heavy atom. The van der Waals surface area contributed by atoms with Gasteiger partial charge < -0.3 is 9.72 Å². The first-order chi connectivity index (χ1) is 20.0. The van der Waals surface area contributed by atoms with E-state index < -0.39 is 0 Å². The third-order valence-corrected chi connectivity index (χ3v) is 12.1. The van der Waals surface area contributed by atoms with Crippen LogP contribution in [0.5, 0.6) is 5.75 Å². The van der Waals surface area contributed by atoms with Gasteiger partial charge in [-0.1, -0.05) is 77.6 Å². The molecule has 2 saturated carbocycles. The zero-order chi connectivity index (χ0) is 27.8. The molecule has 0 spiro atoms. The average Bonchev–Trinajstić information content (AvgIpc) is 3.71. The van der Waals surface area contributed by atoms with Gasteiger partial charge in [-0.3, -0.25) is 19.3 Å². The number of fused-ring (bicyclic) bond motifs is 9. The highest BCUT2D eigenvalue weighted by molar-refractivity contribution is 8.00. The van der Waals surface area contributed by atoms with Crippen LogP contribution in [-0.4, -0.2) is 22.0 Å². The fourth-order valence-corrected chi connectivity index (χ4v) is 10.9. The molecule has 2 aliphatic carbocycles. The second-order valence-electron chi connectivity index (χ2n) is 11.6. The molecule has 206 valence electrons. The molecule has 2 amide bonds. The summed E-state index contributed by atoms with van der Waals surface area (Å²) < 4.78 is 6.46. The zero-order valence-corrected chi connectivity index (χ0v) is 24.0. The molecule has 4 aliphatic rings. The molecule has 3 aromatic carbocycles. The lowest BCUT2D eigenvalue weighted by Gasteiger charge is -2.43. The number of nitrogens with zero attached hydrogens (tertiary/aromatic N) is 1. The van der Waals surface area contributed by atoms with E-state index in [1.807, 2.05) is 54.6 Å². The first kappa shape index (κ1) is 25.1. The molecule has 1 aromatic heterocycles. The Balaban J connectivity index is 1.19. The van der Waals surface area contributed by atoms with Gasteiger partial charge in [0.2, 0.25) is 11.8 Å². The van der Waals surface area contributed by atoms with Crippen molar-refractivity contribution in [2.75, 3.05) is 4.90 Å². The number of carbonyl (C=O) groups is 2. The van der Waals surface area contributed by atoms with Crippen molar-refractivity contribution in [1.29, 1.82) is 0 Å². The molecule has 8 rings (SSSR count). The molecule has 3 heterocycles. The van der Waals surface area contributed by atoms with Gasteiger partial charge in [0.1, 0.15) is 12.4 Å². The van der Waals surface area contributed by atoms with Crippen molar-refractivity contribution in [3.63, 3.8) is 0 Å². The van der Waals surface area contributed by atoms with E-state index in [0.717, 1.165) is 33.2 Å². The monoisotopic (exact) mass is 580 g/mol. The Bertz CT molecular complexity index is 1750. The highest BCUT2D eigenvalue weighted by Crippen LogP contribution is 2.69. The van der Waals surface area contributed by atoms with Crippen molar-refractivity contribution in [3.05, 3.63) is 110 Å². The quantitative estimate of drug-likeness (QED) is 0.293. The number of H-pyrrole nitrogens is 1. The van der Waals surface area contributed by atoms with Gasteiger partial charge >= 0.3 is 4.87 Å². The number of imide groups is 1. The van der Waals surface area contributed by atoms with Crippen LogP contribution in [0.15, 0.2) is 88.7 Å². The summed E-state index contributed by atoms with van der Waals surface area (Å²) in [6.45, 7) is 2.52. The molecule has 41 heavy (non-hydrogen) atoms. The van der Waals surface area contributed by atoms with Gasteiger partial charge in [0.05, 0.1) is 22.5 Å². The number of nitrogens with one attached hydrogen (secondary N) is 1. The fraction of sp³-hybridized carbons (Fsp3) is 0.303. The number of thiazole rings is 1. The van der Waals surface area contributed by atoms with E-state index in [2.05, 4.69) is 36.2 Å². The summed E-state index contributed by atoms with van der Waals surface area (Å²) in [5.41, 5.74) is 3.99. The minimum absolute atomic E-state index is 0.0628. The third-order valence-electron chi connectivity index (χ3n) is 9.47. The largest absolute Gasteiger partial charge is 0.489 e. The van der Waals surface area contributed by atoms with Crippen LogP contribution >= 0.6 is 23.1 Å². The fourth-order valence-electron chi connectivity index (χ4n) is 8.03. The van der Waals surface area contributed by atoms with E-state index in [-0.39, 0.29) is 57.4 Å². The van der Waals surface area contributed by atoms with E-state index in [0.29, 0.717) is 12.3 Å². The molecule has 8 heteroatoms. The number of hydrogen-bond acceptors (Lipinski definition) is 6. The van der Waals surface area contributed by atoms with Crippen molar-refractivity contribution in [2.24, 2.45) is 29.6 Å². The smallest absolute Gasteiger partial charge is 0.305 e. The van der Waals surface area contributed by atoms with Crippen LogP contribution in [0.3, 0.4) is 0 Å². The minimum atomic E-state index is -0.324. The summed E-state index contributed by atoms with van der Waals surface area (Å²) in [5.74, 6) is 0.225. The molecule has 4 aromatic rings. The standard InChI is InChI=1S/C33H28N2O4S2/c1-17-8-7-9-18(14-17)16-39-23-13-6-5-12-20(23)24-25-21-15-22(28(25)40-30-29(24)41-33(38)34-30)27-26(21)31(36)35(32(27)37)19-10-3-2-4-11-19/h2-14,21-22,24-28H,15-16H2,1H3,(H,34,38)/t21-,22-,24?,25?,26?,27?,28?/m1/s1. The van der Waals surface area contributed by atoms with Gasteiger partial charge in [0.15, 0.2) is 0 Å². The van der Waals surface area contributed by atoms with Crippen molar-refractivity contribution in [1.82, 2.24) is 4.98 Å². The van der Waals surface area contributed by atoms with E-state index in [1.165, 1.54) is 21.8 Å². The predicted octanol–water partition coefficient (Wildman–Crippen LogP) is 6.00. The van der Waals surface area contributed by atoms with Crippen LogP contribution < -0.4 is 14.5 Å². The summed E-state index contributed by atoms with van der Waals surface area (Å²) in [7, 11) is 0. The Morgan fingerprint density at radius 3 is 2.46 bits per heavy atom. The number of aromatic amines is 1. The molecule has 1 N–H and O–H groups in total. The van der Waals surface area contributed by atoms with Gasteiger partial charge in [0, 0.05) is 21.6 Å². The highest BCUT2D eigenvalue weighted by atomic mass is 32.2. The van der Waals surface area contributed by atoms with Crippen molar-refractivity contribution >= 4 is 40.6 Å². The Hall–Kier alpha value is -3.62. The minimum Gasteiger partial charge on any atom is -0.489 e. The molecule has 2 bridgehead atoms. The molecule has 3 fully saturated rings. The summed E-state index contributed by atoms with van der Waals surface area (Å²) in [6, 6.07) is 25.7. The second-order valence-corrected chi connectivity index (χ2v) is 13.8. The number of aryl methyl sites for hydroxylation is 1. The Kier molecular flexibility index (Phi) is 5.80. The summed E-state index contributed by atoms with van der Waals surface area (Å²) in [4.78, 5) is 45.8. The Morgan fingerprint density at radius 1 is 0.902 bits per heavy atom. The zero-order valence-electron chi connectivity index (χ0n) is 22.4. The van der Waals surface area contributed by atoms with Crippen LogP contribution in [0, 0.1) is 36.5 Å². The summed E-state index contributed by atoms with van der Waals surface area (Å²) >= 11 is 2.98. The summed E-state index contributed by atoms with van der Waals surface area (Å²) in [5, 5.41) is 1.04. The molecule has 6 nitrogen and oxygen atoms in total. The number of thioether (sulfide) groups is 1. The molecule has 2 aliphatic heterocycles. The molecule has 7 atom stereocenters. The first-order valence-electron chi connectivity index (χ1n) is 14.1. The van der Waals surface area contributed by atoms with E-state index in [4.69, 9.17) is 4.74 Å². The number of rotatable bonds is 5. The van der Waals surface area contributed by atoms with Crippen molar-refractivity contribution < 1.29 is 14.3 Å². The molecule has 0 radical (unpaired) electrons. The predicted molar refractivity (Wildman–Crippen MR) is 159 cm³/mol. The van der Waals surface area contributed by atoms with Gasteiger partial charge in [-0.15, -0.1) is 11.8 Å². The number of anilines is 1. The van der Waals surface area contributed by atoms with E-state index in [1.54, 1.807) is 11.8 Å². The average molecular weight is 581 g/mol. The second kappa shape index (κ2) is 9.46. The maximum atomic E-state index is 13.9. The maximum Gasteiger partial charge on any atom is 0.305 e. The Labute approximate surface area is 245 Å². The van der Waals surface area contributed by atoms with Crippen LogP contribution in [0.25, 0.3) is 0 Å². The van der Waals surface area contributed by atoms with Crippen LogP contribution in [0.4, 0.5) is 5.69 Å². The van der Waals surface area contributed by atoms with Gasteiger partial charge in [-0.2, -0.15) is 0 Å². The van der Waals surface area contributed by atoms with Crippen LogP contribution in [0.2, 0.25) is 0 Å². The van der Waals surface area contributed by atoms with Crippen LogP contribution in [-0.2, 0) is 16.2 Å². The number of para-hydroxylation sites is 2. The maximum absolute atomic E-state index is 13.9. The highest BCUT2D eigenvalue weighted by Gasteiger charge is 2.69. The normalized spacial score (nSPS) is 29.4. The molecular weight excluding hydrogens is 553 g/mol. The van der Waals surface area contributed by atoms with Gasteiger partial charge in [-0.05, 0) is 54.9 Å². The topological polar surface area (TPSA) is 79.5 Å². The van der Waals surface area contributed by atoms with E-state index in [9.17, 15) is 14.4 Å². The van der Waals surface area contributed by atoms with Gasteiger partial charge in [0.25, 0.3) is 0 Å². The third kappa shape index (κ3) is 3.80. The lowest BCUT2D eigenvalue weighted by molar-refractivity contribution is -0.123. The molecule has 1 saturated heterocycles. The van der Waals surface area contributed by atoms with Crippen molar-refractivity contribution in [3.8, 4) is 5.75 Å². The number of ether oxygens (including phenoxy) is 1. The number of hydrogen-bond donors (Lipinski definition) is 1.